The van der Waals surface area contributed by atoms with Gasteiger partial charge in [0.15, 0.2) is 17.2 Å². The molecule has 3 aromatic rings. The third-order valence-corrected chi connectivity index (χ3v) is 5.03. The van der Waals surface area contributed by atoms with Crippen LogP contribution in [0.15, 0.2) is 18.5 Å². The van der Waals surface area contributed by atoms with E-state index in [-0.39, 0.29) is 18.1 Å². The molecule has 3 heterocycles. The molecule has 1 N–H and O–H groups in total. The van der Waals surface area contributed by atoms with Crippen molar-refractivity contribution in [1.29, 1.82) is 0 Å². The predicted molar refractivity (Wildman–Crippen MR) is 106 cm³/mol. The number of nitrogens with one attached hydrogen (secondary N) is 1. The number of carbonyl (C=O) groups is 2. The highest BCUT2D eigenvalue weighted by molar-refractivity contribution is 5.95. The molecule has 30 heavy (non-hydrogen) atoms. The summed E-state index contributed by atoms with van der Waals surface area (Å²) >= 11 is 0. The molecule has 11 heteroatoms. The number of methoxy groups -OCH3 is 2. The van der Waals surface area contributed by atoms with Gasteiger partial charge in [-0.3, -0.25) is 9.59 Å². The molecule has 0 fully saturated rings. The first-order chi connectivity index (χ1) is 14.6. The van der Waals surface area contributed by atoms with Gasteiger partial charge < -0.3 is 24.5 Å². The molecule has 156 valence electrons. The number of amides is 1. The lowest BCUT2D eigenvalue weighted by Gasteiger charge is -2.29. The van der Waals surface area contributed by atoms with Crippen molar-refractivity contribution in [3.63, 3.8) is 0 Å². The lowest BCUT2D eigenvalue weighted by Crippen LogP contribution is -2.33. The van der Waals surface area contributed by atoms with Crippen LogP contribution in [0.4, 0.5) is 5.82 Å². The zero-order valence-electron chi connectivity index (χ0n) is 16.7. The van der Waals surface area contributed by atoms with E-state index in [0.717, 1.165) is 10.2 Å². The molecule has 0 bridgehead atoms. The Labute approximate surface area is 171 Å². The van der Waals surface area contributed by atoms with E-state index < -0.39 is 0 Å². The molecule has 1 amide bonds. The first-order valence-electron chi connectivity index (χ1n) is 9.16. The average Bonchev–Trinajstić information content (AvgIpc) is 3.15. The maximum atomic E-state index is 12.3. The van der Waals surface area contributed by atoms with E-state index >= 15 is 0 Å². The van der Waals surface area contributed by atoms with Crippen molar-refractivity contribution in [3.8, 4) is 11.5 Å². The summed E-state index contributed by atoms with van der Waals surface area (Å²) in [4.78, 5) is 40.0. The number of ether oxygens (including phenoxy) is 2. The zero-order chi connectivity index (χ0) is 21.3. The zero-order valence-corrected chi connectivity index (χ0v) is 16.7. The first-order valence-corrected chi connectivity index (χ1v) is 9.16. The van der Waals surface area contributed by atoms with Crippen LogP contribution in [0, 0.1) is 0 Å². The summed E-state index contributed by atoms with van der Waals surface area (Å²) in [6.45, 7) is 1.22. The van der Waals surface area contributed by atoms with Crippen LogP contribution in [0.3, 0.4) is 0 Å². The quantitative estimate of drug-likeness (QED) is 0.572. The highest BCUT2D eigenvalue weighted by atomic mass is 16.7. The molecule has 0 saturated heterocycles. The van der Waals surface area contributed by atoms with Crippen LogP contribution in [0.2, 0.25) is 0 Å². The fourth-order valence-electron chi connectivity index (χ4n) is 3.62. The summed E-state index contributed by atoms with van der Waals surface area (Å²) in [6.07, 6.45) is 1.99. The number of carbonyl (C=O) groups excluding carboxylic acids is 2. The molecule has 1 aliphatic heterocycles. The second-order valence-corrected chi connectivity index (χ2v) is 6.52. The van der Waals surface area contributed by atoms with Crippen LogP contribution in [0.5, 0.6) is 11.5 Å². The van der Waals surface area contributed by atoms with E-state index in [9.17, 15) is 9.59 Å². The Morgan fingerprint density at radius 3 is 2.67 bits per heavy atom. The predicted octanol–water partition coefficient (Wildman–Crippen LogP) is 0.351. The van der Waals surface area contributed by atoms with Crippen molar-refractivity contribution >= 4 is 29.1 Å². The van der Waals surface area contributed by atoms with Gasteiger partial charge in [0.25, 0.3) is 5.91 Å². The molecule has 1 aliphatic rings. The molecule has 0 spiro atoms. The number of benzene rings is 1. The fourth-order valence-corrected chi connectivity index (χ4v) is 3.62. The van der Waals surface area contributed by atoms with Crippen molar-refractivity contribution in [2.75, 3.05) is 32.7 Å². The maximum Gasteiger partial charge on any atom is 0.323 e. The highest BCUT2D eigenvalue weighted by Gasteiger charge is 2.30. The Morgan fingerprint density at radius 1 is 1.20 bits per heavy atom. The summed E-state index contributed by atoms with van der Waals surface area (Å²) in [6, 6.07) is 3.62. The third-order valence-electron chi connectivity index (χ3n) is 5.03. The highest BCUT2D eigenvalue weighted by Crippen LogP contribution is 2.36. The van der Waals surface area contributed by atoms with E-state index in [0.29, 0.717) is 53.6 Å². The Hall–Kier alpha value is -3.89. The minimum Gasteiger partial charge on any atom is -0.493 e. The number of hydrogen-bond donors (Lipinski definition) is 1. The summed E-state index contributed by atoms with van der Waals surface area (Å²) in [5.41, 5.74) is 2.26. The van der Waals surface area contributed by atoms with E-state index in [1.165, 1.54) is 13.4 Å². The molecular formula is C19H20N6O5. The molecule has 1 aromatic carbocycles. The normalized spacial score (nSPS) is 13.0. The van der Waals surface area contributed by atoms with Gasteiger partial charge in [-0.2, -0.15) is 0 Å². The van der Waals surface area contributed by atoms with E-state index in [2.05, 4.69) is 20.4 Å². The molecule has 0 unspecified atom stereocenters. The number of anilines is 1. The van der Waals surface area contributed by atoms with Gasteiger partial charge in [0.1, 0.15) is 12.1 Å². The van der Waals surface area contributed by atoms with Crippen LogP contribution in [0.1, 0.15) is 21.7 Å². The minimum atomic E-state index is -0.361. The van der Waals surface area contributed by atoms with Crippen LogP contribution in [-0.2, 0) is 17.8 Å². The molecule has 0 aliphatic carbocycles. The molecule has 0 atom stereocenters. The van der Waals surface area contributed by atoms with Crippen molar-refractivity contribution in [2.24, 2.45) is 0 Å². The van der Waals surface area contributed by atoms with E-state index in [1.807, 2.05) is 11.0 Å². The van der Waals surface area contributed by atoms with Crippen molar-refractivity contribution in [3.05, 3.63) is 35.4 Å². The SMILES string of the molecule is CNC(=O)c1nn(OC=O)c2c1CN(c1ncnc3cc(OC)c(OC)cc13)CC2. The average molecular weight is 412 g/mol. The minimum absolute atomic E-state index is 0.205. The van der Waals surface area contributed by atoms with Gasteiger partial charge in [0.2, 0.25) is 0 Å². The molecule has 2 aromatic heterocycles. The Kier molecular flexibility index (Phi) is 5.09. The van der Waals surface area contributed by atoms with Gasteiger partial charge in [0, 0.05) is 43.6 Å². The topological polar surface area (TPSA) is 121 Å². The number of aromatic nitrogens is 4. The molecule has 0 radical (unpaired) electrons. The first kappa shape index (κ1) is 19.4. The van der Waals surface area contributed by atoms with Crippen LogP contribution in [0.25, 0.3) is 10.9 Å². The monoisotopic (exact) mass is 412 g/mol. The second-order valence-electron chi connectivity index (χ2n) is 6.52. The number of fused-ring (bicyclic) bond motifs is 2. The largest absolute Gasteiger partial charge is 0.493 e. The van der Waals surface area contributed by atoms with Gasteiger partial charge in [-0.25, -0.2) is 9.97 Å². The maximum absolute atomic E-state index is 12.3. The summed E-state index contributed by atoms with van der Waals surface area (Å²) < 4.78 is 10.8. The van der Waals surface area contributed by atoms with Gasteiger partial charge in [-0.15, -0.1) is 5.10 Å². The molecule has 4 rings (SSSR count). The van der Waals surface area contributed by atoms with Gasteiger partial charge in [-0.1, -0.05) is 4.85 Å². The van der Waals surface area contributed by atoms with Crippen LogP contribution >= 0.6 is 0 Å². The number of hydrogen-bond acceptors (Lipinski definition) is 9. The summed E-state index contributed by atoms with van der Waals surface area (Å²) in [7, 11) is 4.65. The molecule has 0 saturated carbocycles. The lowest BCUT2D eigenvalue weighted by molar-refractivity contribution is -0.131. The summed E-state index contributed by atoms with van der Waals surface area (Å²) in [5, 5.41) is 7.50. The standard InChI is InChI=1S/C19H20N6O5/c1-20-19(27)17-12-8-24(5-4-14(12)25(23-17)30-10-26)18-11-6-15(28-2)16(29-3)7-13(11)21-9-22-18/h6-7,9-10H,4-5,8H2,1-3H3,(H,20,27). The van der Waals surface area contributed by atoms with Gasteiger partial charge >= 0.3 is 6.47 Å². The third kappa shape index (κ3) is 3.13. The number of rotatable bonds is 6. The number of nitrogens with zero attached hydrogens (tertiary/aromatic N) is 5. The summed E-state index contributed by atoms with van der Waals surface area (Å²) in [5.74, 6) is 1.47. The Balaban J connectivity index is 1.79. The van der Waals surface area contributed by atoms with Gasteiger partial charge in [-0.05, 0) is 6.07 Å². The van der Waals surface area contributed by atoms with Crippen LogP contribution < -0.4 is 24.5 Å². The Bertz CT molecular complexity index is 1130. The van der Waals surface area contributed by atoms with Crippen molar-refractivity contribution in [2.45, 2.75) is 13.0 Å². The van der Waals surface area contributed by atoms with E-state index in [1.54, 1.807) is 20.3 Å². The van der Waals surface area contributed by atoms with Crippen molar-refractivity contribution < 1.29 is 23.9 Å². The van der Waals surface area contributed by atoms with E-state index in [4.69, 9.17) is 14.3 Å². The Morgan fingerprint density at radius 2 is 1.97 bits per heavy atom. The molecular weight excluding hydrogens is 392 g/mol. The fraction of sp³-hybridized carbons (Fsp3) is 0.316. The molecule has 11 nitrogen and oxygen atoms in total. The van der Waals surface area contributed by atoms with Crippen LogP contribution in [-0.4, -0.2) is 60.1 Å². The van der Waals surface area contributed by atoms with Gasteiger partial charge in [0.05, 0.1) is 25.4 Å². The second kappa shape index (κ2) is 7.85. The van der Waals surface area contributed by atoms with Crippen molar-refractivity contribution in [1.82, 2.24) is 25.2 Å². The smallest absolute Gasteiger partial charge is 0.323 e. The lowest BCUT2D eigenvalue weighted by atomic mass is 10.0.